The van der Waals surface area contributed by atoms with Crippen LogP contribution in [0.3, 0.4) is 0 Å². The Balaban J connectivity index is 0.752. The van der Waals surface area contributed by atoms with Crippen LogP contribution in [0.4, 0.5) is 0 Å². The molecule has 0 aromatic rings. The summed E-state index contributed by atoms with van der Waals surface area (Å²) >= 11 is 0. The van der Waals surface area contributed by atoms with E-state index in [1.165, 1.54) is 6.92 Å². The van der Waals surface area contributed by atoms with Crippen molar-refractivity contribution >= 4 is 11.9 Å². The number of fused-ring (bicyclic) bond motifs is 5. The Morgan fingerprint density at radius 1 is 0.710 bits per heavy atom. The third-order valence-electron chi connectivity index (χ3n) is 18.4. The minimum absolute atomic E-state index is 0.00421. The van der Waals surface area contributed by atoms with E-state index in [-0.39, 0.29) is 61.1 Å². The molecular weight excluding hydrogens is 909 g/mol. The van der Waals surface area contributed by atoms with Gasteiger partial charge in [0.15, 0.2) is 25.2 Å². The molecular formula is C49H76O20. The number of carbonyl (C=O) groups is 2. The first-order chi connectivity index (χ1) is 32.6. The van der Waals surface area contributed by atoms with E-state index < -0.39 is 134 Å². The number of rotatable bonds is 11. The molecule has 8 N–H and O–H groups in total. The fourth-order valence-electron chi connectivity index (χ4n) is 14.6. The maximum absolute atomic E-state index is 12.6. The topological polar surface area (TPSA) is 288 Å². The van der Waals surface area contributed by atoms with Crippen LogP contribution in [0.2, 0.25) is 0 Å². The fraction of sp³-hybridized carbons (Fsp3) is 0.918. The number of hydrogen-bond donors (Lipinski definition) is 8. The lowest BCUT2D eigenvalue weighted by Crippen LogP contribution is -2.67. The van der Waals surface area contributed by atoms with Gasteiger partial charge >= 0.3 is 11.9 Å². The third-order valence-corrected chi connectivity index (χ3v) is 18.4. The molecule has 0 amide bonds. The number of aliphatic hydroxyl groups excluding tert-OH is 7. The predicted molar refractivity (Wildman–Crippen MR) is 235 cm³/mol. The first kappa shape index (κ1) is 51.9. The minimum atomic E-state index is -1.69. The summed E-state index contributed by atoms with van der Waals surface area (Å²) in [4.78, 5) is 24.2. The van der Waals surface area contributed by atoms with Gasteiger partial charge < -0.3 is 88.2 Å². The van der Waals surface area contributed by atoms with E-state index in [0.29, 0.717) is 25.2 Å². The first-order valence-corrected chi connectivity index (χ1v) is 25.3. The van der Waals surface area contributed by atoms with Crippen LogP contribution in [0, 0.1) is 34.5 Å². The predicted octanol–water partition coefficient (Wildman–Crippen LogP) is 0.613. The Morgan fingerprint density at radius 2 is 1.33 bits per heavy atom. The van der Waals surface area contributed by atoms with Crippen molar-refractivity contribution in [2.24, 2.45) is 34.5 Å². The largest absolute Gasteiger partial charge is 0.459 e. The summed E-state index contributed by atoms with van der Waals surface area (Å²) in [6.07, 6.45) is -11.1. The fourth-order valence-corrected chi connectivity index (χ4v) is 14.6. The number of carbonyl (C=O) groups excluding carboxylic acids is 2. The average molecular weight is 985 g/mol. The van der Waals surface area contributed by atoms with E-state index in [4.69, 9.17) is 47.4 Å². The molecule has 8 fully saturated rings. The highest BCUT2D eigenvalue weighted by molar-refractivity contribution is 5.85. The second-order valence-electron chi connectivity index (χ2n) is 22.2. The van der Waals surface area contributed by atoms with Gasteiger partial charge in [0.2, 0.25) is 0 Å². The average Bonchev–Trinajstić information content (AvgIpc) is 3.84. The van der Waals surface area contributed by atoms with Crippen molar-refractivity contribution in [3.8, 4) is 0 Å². The van der Waals surface area contributed by atoms with Gasteiger partial charge in [-0.1, -0.05) is 13.8 Å². The monoisotopic (exact) mass is 984 g/mol. The summed E-state index contributed by atoms with van der Waals surface area (Å²) in [7, 11) is 0. The Labute approximate surface area is 402 Å². The summed E-state index contributed by atoms with van der Waals surface area (Å²) in [5.41, 5.74) is -1.01. The number of esters is 2. The van der Waals surface area contributed by atoms with E-state index in [9.17, 15) is 50.4 Å². The van der Waals surface area contributed by atoms with Crippen molar-refractivity contribution in [1.82, 2.24) is 0 Å². The Hall–Kier alpha value is -1.96. The van der Waals surface area contributed by atoms with Crippen molar-refractivity contribution in [1.29, 1.82) is 0 Å². The number of aliphatic hydroxyl groups is 8. The Morgan fingerprint density at radius 3 is 1.93 bits per heavy atom. The molecule has 0 bridgehead atoms. The van der Waals surface area contributed by atoms with Gasteiger partial charge in [0, 0.05) is 37.7 Å². The first-order valence-electron chi connectivity index (χ1n) is 25.3. The molecule has 69 heavy (non-hydrogen) atoms. The molecule has 20 heteroatoms. The molecule has 5 heterocycles. The summed E-state index contributed by atoms with van der Waals surface area (Å²) in [5, 5.41) is 88.1. The van der Waals surface area contributed by atoms with E-state index in [2.05, 4.69) is 6.92 Å². The van der Waals surface area contributed by atoms with Crippen LogP contribution >= 0.6 is 0 Å². The van der Waals surface area contributed by atoms with Gasteiger partial charge in [0.1, 0.15) is 55.4 Å². The van der Waals surface area contributed by atoms with Crippen LogP contribution < -0.4 is 0 Å². The second-order valence-corrected chi connectivity index (χ2v) is 22.2. The zero-order chi connectivity index (χ0) is 49.5. The lowest BCUT2D eigenvalue weighted by Gasteiger charge is -2.65. The molecule has 4 aliphatic carbocycles. The molecule has 26 atom stereocenters. The number of ether oxygens (including phenoxy) is 10. The SMILES string of the molecule is CC(=O)O[C@@H]1C[C@H](O[C@@H]2[C@H](O)C[C@@H](O[C@@H]3[C@H](O)C[C@@H](O[C@@H]4CC[C@@]5(C)[C@H](CC[C@H]6[C@@H]5C[C@@H](O)[C@]5(C)[C@H](C7=CC(=O)OC7)CC[C@]65O)C4)O[C@@H]3C)O[C@@H]2C)O[C@H](C)[C@H]1O[C@H]1O[C@@H](CO)[C@H](O)[C@@H](O)[C@@H]1O. The maximum atomic E-state index is 12.6. The summed E-state index contributed by atoms with van der Waals surface area (Å²) < 4.78 is 60.1. The van der Waals surface area contributed by atoms with E-state index in [1.54, 1.807) is 26.8 Å². The molecule has 392 valence electrons. The molecule has 9 rings (SSSR count). The lowest BCUT2D eigenvalue weighted by molar-refractivity contribution is -0.355. The number of cyclic esters (lactones) is 1. The molecule has 9 aliphatic rings. The van der Waals surface area contributed by atoms with Crippen molar-refractivity contribution in [3.05, 3.63) is 11.6 Å². The highest BCUT2D eigenvalue weighted by Crippen LogP contribution is 2.70. The van der Waals surface area contributed by atoms with E-state index in [1.807, 2.05) is 6.92 Å². The van der Waals surface area contributed by atoms with Crippen LogP contribution in [0.5, 0.6) is 0 Å². The zero-order valence-electron chi connectivity index (χ0n) is 40.5. The van der Waals surface area contributed by atoms with E-state index >= 15 is 0 Å². The van der Waals surface area contributed by atoms with Gasteiger partial charge in [-0.05, 0) is 107 Å². The van der Waals surface area contributed by atoms with Gasteiger partial charge in [-0.2, -0.15) is 0 Å². The standard InChI is InChI=1S/C49H76O20/c1-21-43(67-38-17-32(53)44(22(2)62-38)68-39-18-33(64-24(4)51)45(23(3)63-39)69-46-42(58)41(57)40(56)34(19-50)66-46)31(52)16-37(61-21)65-27-9-11-47(5)26(14-27)7-8-29-30(47)15-35(54)48(6)28(10-12-49(29,48)59)25-13-36(55)60-20-25/h13,21-23,26-35,37-46,50,52-54,56-59H,7-12,14-20H2,1-6H3/t21-,22-,23-,26-,27-,28+,29+,30+,31-,32-,33-,34+,35-,37-,38-,39+,40+,41-,42+,43+,44+,45-,46-,47+,48+,49+/m1/s1. The maximum Gasteiger partial charge on any atom is 0.331 e. The molecule has 0 spiro atoms. The van der Waals surface area contributed by atoms with E-state index in [0.717, 1.165) is 37.7 Å². The van der Waals surface area contributed by atoms with Gasteiger partial charge in [-0.15, -0.1) is 0 Å². The van der Waals surface area contributed by atoms with Crippen molar-refractivity contribution < 1.29 is 97.8 Å². The zero-order valence-corrected chi connectivity index (χ0v) is 40.5. The quantitative estimate of drug-likeness (QED) is 0.104. The molecule has 0 radical (unpaired) electrons. The van der Waals surface area contributed by atoms with Gasteiger partial charge in [0.25, 0.3) is 0 Å². The smallest absolute Gasteiger partial charge is 0.331 e. The minimum Gasteiger partial charge on any atom is -0.459 e. The van der Waals surface area contributed by atoms with Crippen LogP contribution in [-0.2, 0) is 57.0 Å². The molecule has 0 aromatic heterocycles. The number of hydrogen-bond acceptors (Lipinski definition) is 20. The molecule has 0 unspecified atom stereocenters. The lowest BCUT2D eigenvalue weighted by atomic mass is 9.42. The highest BCUT2D eigenvalue weighted by Gasteiger charge is 2.71. The van der Waals surface area contributed by atoms with Crippen LogP contribution in [0.25, 0.3) is 0 Å². The highest BCUT2D eigenvalue weighted by atomic mass is 16.8. The van der Waals surface area contributed by atoms with Crippen molar-refractivity contribution in [2.75, 3.05) is 13.2 Å². The van der Waals surface area contributed by atoms with Crippen LogP contribution in [0.1, 0.15) is 112 Å². The van der Waals surface area contributed by atoms with Gasteiger partial charge in [-0.25, -0.2) is 4.79 Å². The summed E-state index contributed by atoms with van der Waals surface area (Å²) in [6.45, 7) is 10.3. The summed E-state index contributed by atoms with van der Waals surface area (Å²) in [5.74, 6) is -0.580. The van der Waals surface area contributed by atoms with Crippen LogP contribution in [-0.4, -0.2) is 188 Å². The second kappa shape index (κ2) is 20.0. The van der Waals surface area contributed by atoms with Gasteiger partial charge in [-0.3, -0.25) is 4.79 Å². The van der Waals surface area contributed by atoms with Gasteiger partial charge in [0.05, 0.1) is 54.9 Å². The van der Waals surface area contributed by atoms with Crippen LogP contribution in [0.15, 0.2) is 11.6 Å². The van der Waals surface area contributed by atoms with Crippen molar-refractivity contribution in [2.45, 2.75) is 234 Å². The molecule has 4 saturated heterocycles. The molecule has 4 saturated carbocycles. The Bertz CT molecular complexity index is 1850. The summed E-state index contributed by atoms with van der Waals surface area (Å²) in [6, 6.07) is 0. The molecule has 20 nitrogen and oxygen atoms in total. The molecule has 0 aromatic carbocycles. The Kier molecular flexibility index (Phi) is 15.1. The molecule has 5 aliphatic heterocycles. The normalized spacial score (nSPS) is 53.3. The van der Waals surface area contributed by atoms with Crippen molar-refractivity contribution in [3.63, 3.8) is 0 Å². The third kappa shape index (κ3) is 9.48.